The van der Waals surface area contributed by atoms with Crippen molar-refractivity contribution in [2.75, 3.05) is 26.0 Å². The minimum Gasteiger partial charge on any atom is -0.480 e. The lowest BCUT2D eigenvalue weighted by Crippen LogP contribution is -2.40. The van der Waals surface area contributed by atoms with Gasteiger partial charge < -0.3 is 14.9 Å². The molecule has 1 amide bonds. The van der Waals surface area contributed by atoms with Crippen LogP contribution in [0, 0.1) is 0 Å². The Balaban J connectivity index is 2.97. The smallest absolute Gasteiger partial charge is 0.326 e. The van der Waals surface area contributed by atoms with Crippen LogP contribution in [0.15, 0.2) is 18.3 Å². The van der Waals surface area contributed by atoms with E-state index in [1.54, 1.807) is 12.1 Å². The Morgan fingerprint density at radius 3 is 2.44 bits per heavy atom. The van der Waals surface area contributed by atoms with E-state index in [-0.39, 0.29) is 5.69 Å². The van der Waals surface area contributed by atoms with Crippen molar-refractivity contribution in [1.29, 1.82) is 0 Å². The number of amides is 1. The van der Waals surface area contributed by atoms with Gasteiger partial charge in [0.25, 0.3) is 5.91 Å². The molecular weight excluding hydrogens is 234 g/mol. The molecule has 1 atom stereocenters. The van der Waals surface area contributed by atoms with Crippen LogP contribution in [0.2, 0.25) is 0 Å². The number of rotatable bonds is 4. The van der Waals surface area contributed by atoms with Gasteiger partial charge in [-0.3, -0.25) is 9.78 Å². The van der Waals surface area contributed by atoms with E-state index >= 15 is 0 Å². The topological polar surface area (TPSA) is 73.7 Å². The molecule has 1 rings (SSSR count). The number of carboxylic acid groups (broad SMARTS) is 1. The first-order valence-electron chi connectivity index (χ1n) is 5.48. The predicted molar refractivity (Wildman–Crippen MR) is 67.8 cm³/mol. The van der Waals surface area contributed by atoms with Crippen LogP contribution < -0.4 is 4.90 Å². The third-order valence-corrected chi connectivity index (χ3v) is 2.74. The number of hydrogen-bond acceptors (Lipinski definition) is 4. The first-order valence-corrected chi connectivity index (χ1v) is 5.48. The van der Waals surface area contributed by atoms with Gasteiger partial charge in [-0.25, -0.2) is 4.79 Å². The molecule has 0 fully saturated rings. The molecule has 0 aliphatic rings. The molecule has 0 radical (unpaired) electrons. The van der Waals surface area contributed by atoms with Gasteiger partial charge in [0.15, 0.2) is 0 Å². The van der Waals surface area contributed by atoms with Gasteiger partial charge in [0.05, 0.1) is 0 Å². The number of aromatic nitrogens is 1. The quantitative estimate of drug-likeness (QED) is 0.852. The summed E-state index contributed by atoms with van der Waals surface area (Å²) in [5.74, 6) is -1.46. The molecule has 0 spiro atoms. The Bertz CT molecular complexity index is 460. The van der Waals surface area contributed by atoms with Crippen LogP contribution in [-0.4, -0.2) is 54.1 Å². The second kappa shape index (κ2) is 5.48. The van der Waals surface area contributed by atoms with Crippen LogP contribution in [-0.2, 0) is 4.79 Å². The average molecular weight is 251 g/mol. The number of carbonyl (C=O) groups excluding carboxylic acids is 1. The minimum atomic E-state index is -1.05. The maximum atomic E-state index is 12.0. The average Bonchev–Trinajstić information content (AvgIpc) is 2.36. The number of nitrogens with zero attached hydrogens (tertiary/aromatic N) is 3. The summed E-state index contributed by atoms with van der Waals surface area (Å²) in [5.41, 5.74) is 1.07. The van der Waals surface area contributed by atoms with E-state index in [1.165, 1.54) is 20.2 Å². The molecule has 1 aromatic rings. The van der Waals surface area contributed by atoms with Gasteiger partial charge in [0, 0.05) is 33.0 Å². The van der Waals surface area contributed by atoms with Crippen molar-refractivity contribution >= 4 is 17.6 Å². The Labute approximate surface area is 106 Å². The molecule has 1 heterocycles. The molecule has 6 heteroatoms. The Morgan fingerprint density at radius 1 is 1.33 bits per heavy atom. The first-order chi connectivity index (χ1) is 8.34. The first kappa shape index (κ1) is 14.0. The second-order valence-corrected chi connectivity index (χ2v) is 4.22. The van der Waals surface area contributed by atoms with Gasteiger partial charge in [-0.05, 0) is 19.1 Å². The van der Waals surface area contributed by atoms with Crippen molar-refractivity contribution in [1.82, 2.24) is 9.88 Å². The summed E-state index contributed by atoms with van der Waals surface area (Å²) in [4.78, 5) is 29.9. The van der Waals surface area contributed by atoms with E-state index in [0.29, 0.717) is 0 Å². The third kappa shape index (κ3) is 2.97. The van der Waals surface area contributed by atoms with Gasteiger partial charge in [-0.15, -0.1) is 0 Å². The van der Waals surface area contributed by atoms with Gasteiger partial charge in [-0.2, -0.15) is 0 Å². The number of aliphatic carboxylic acids is 1. The predicted octanol–water partition coefficient (Wildman–Crippen LogP) is 0.693. The highest BCUT2D eigenvalue weighted by molar-refractivity contribution is 5.95. The summed E-state index contributed by atoms with van der Waals surface area (Å²) in [7, 11) is 5.16. The number of carbonyl (C=O) groups is 2. The van der Waals surface area contributed by atoms with Crippen LogP contribution in [0.3, 0.4) is 0 Å². The van der Waals surface area contributed by atoms with Crippen molar-refractivity contribution < 1.29 is 14.7 Å². The number of pyridine rings is 1. The standard InChI is InChI=1S/C12H17N3O3/c1-8(12(17)18)15(4)11(16)10-7-9(14(2)3)5-6-13-10/h5-8H,1-4H3,(H,17,18). The molecular formula is C12H17N3O3. The fraction of sp³-hybridized carbons (Fsp3) is 0.417. The highest BCUT2D eigenvalue weighted by Gasteiger charge is 2.23. The molecule has 0 bridgehead atoms. The Kier molecular flexibility index (Phi) is 4.25. The van der Waals surface area contributed by atoms with Crippen LogP contribution in [0.4, 0.5) is 5.69 Å². The summed E-state index contributed by atoms with van der Waals surface area (Å²) in [6.07, 6.45) is 1.53. The Hall–Kier alpha value is -2.11. The van der Waals surface area contributed by atoms with Crippen molar-refractivity contribution in [2.24, 2.45) is 0 Å². The van der Waals surface area contributed by atoms with E-state index < -0.39 is 17.9 Å². The van der Waals surface area contributed by atoms with Crippen LogP contribution in [0.5, 0.6) is 0 Å². The fourth-order valence-corrected chi connectivity index (χ4v) is 1.34. The second-order valence-electron chi connectivity index (χ2n) is 4.22. The third-order valence-electron chi connectivity index (χ3n) is 2.74. The van der Waals surface area contributed by atoms with Crippen LogP contribution in [0.25, 0.3) is 0 Å². The lowest BCUT2D eigenvalue weighted by Gasteiger charge is -2.21. The summed E-state index contributed by atoms with van der Waals surface area (Å²) in [6, 6.07) is 2.52. The minimum absolute atomic E-state index is 0.233. The van der Waals surface area contributed by atoms with E-state index in [2.05, 4.69) is 4.98 Å². The van der Waals surface area contributed by atoms with Gasteiger partial charge in [0.1, 0.15) is 11.7 Å². The van der Waals surface area contributed by atoms with E-state index in [0.717, 1.165) is 10.6 Å². The van der Waals surface area contributed by atoms with Gasteiger partial charge >= 0.3 is 5.97 Å². The SMILES string of the molecule is CC(C(=O)O)N(C)C(=O)c1cc(N(C)C)ccn1. The highest BCUT2D eigenvalue weighted by atomic mass is 16.4. The maximum absolute atomic E-state index is 12.0. The van der Waals surface area contributed by atoms with Crippen molar-refractivity contribution in [3.05, 3.63) is 24.0 Å². The summed E-state index contributed by atoms with van der Waals surface area (Å²) < 4.78 is 0. The van der Waals surface area contributed by atoms with Gasteiger partial charge in [0.2, 0.25) is 0 Å². The molecule has 98 valence electrons. The highest BCUT2D eigenvalue weighted by Crippen LogP contribution is 2.13. The zero-order valence-electron chi connectivity index (χ0n) is 10.9. The molecule has 0 saturated carbocycles. The molecule has 1 aromatic heterocycles. The molecule has 1 unspecified atom stereocenters. The number of likely N-dealkylation sites (N-methyl/N-ethyl adjacent to an activating group) is 1. The van der Waals surface area contributed by atoms with Crippen molar-refractivity contribution in [3.8, 4) is 0 Å². The van der Waals surface area contributed by atoms with Crippen molar-refractivity contribution in [3.63, 3.8) is 0 Å². The zero-order valence-corrected chi connectivity index (χ0v) is 10.9. The monoisotopic (exact) mass is 251 g/mol. The van der Waals surface area contributed by atoms with Crippen LogP contribution in [0.1, 0.15) is 17.4 Å². The molecule has 1 N–H and O–H groups in total. The molecule has 0 aliphatic carbocycles. The molecule has 0 saturated heterocycles. The van der Waals surface area contributed by atoms with E-state index in [9.17, 15) is 9.59 Å². The maximum Gasteiger partial charge on any atom is 0.326 e. The molecule has 0 aromatic carbocycles. The summed E-state index contributed by atoms with van der Waals surface area (Å²) >= 11 is 0. The lowest BCUT2D eigenvalue weighted by atomic mass is 10.2. The van der Waals surface area contributed by atoms with Gasteiger partial charge in [-0.1, -0.05) is 0 Å². The Morgan fingerprint density at radius 2 is 1.94 bits per heavy atom. The largest absolute Gasteiger partial charge is 0.480 e. The lowest BCUT2D eigenvalue weighted by molar-refractivity contribution is -0.141. The summed E-state index contributed by atoms with van der Waals surface area (Å²) in [5, 5.41) is 8.87. The van der Waals surface area contributed by atoms with E-state index in [1.807, 2.05) is 19.0 Å². The van der Waals surface area contributed by atoms with Crippen LogP contribution >= 0.6 is 0 Å². The fourth-order valence-electron chi connectivity index (χ4n) is 1.34. The molecule has 0 aliphatic heterocycles. The number of anilines is 1. The zero-order chi connectivity index (χ0) is 13.9. The molecule has 6 nitrogen and oxygen atoms in total. The molecule has 18 heavy (non-hydrogen) atoms. The normalized spacial score (nSPS) is 11.8. The summed E-state index contributed by atoms with van der Waals surface area (Å²) in [6.45, 7) is 1.45. The number of carboxylic acids is 1. The van der Waals surface area contributed by atoms with E-state index in [4.69, 9.17) is 5.11 Å². The number of hydrogen-bond donors (Lipinski definition) is 1. The van der Waals surface area contributed by atoms with Crippen molar-refractivity contribution in [2.45, 2.75) is 13.0 Å².